The molecule has 7 nitrogen and oxygen atoms in total. The summed E-state index contributed by atoms with van der Waals surface area (Å²) in [7, 11) is -1.95. The van der Waals surface area contributed by atoms with E-state index in [9.17, 15) is 13.2 Å². The number of carbonyl (C=O) groups is 1. The van der Waals surface area contributed by atoms with Crippen molar-refractivity contribution in [2.75, 3.05) is 36.5 Å². The predicted molar refractivity (Wildman–Crippen MR) is 78.2 cm³/mol. The van der Waals surface area contributed by atoms with E-state index >= 15 is 0 Å². The Bertz CT molecular complexity index is 588. The lowest BCUT2D eigenvalue weighted by molar-refractivity contribution is -0.121. The SMILES string of the molecule is CNS(=O)(=O)CCNC(=O)C1CNc2ccccc2N1. The normalized spacial score (nSPS) is 17.6. The van der Waals surface area contributed by atoms with E-state index in [1.165, 1.54) is 7.05 Å². The molecule has 1 unspecified atom stereocenters. The number of hydrogen-bond donors (Lipinski definition) is 4. The molecule has 110 valence electrons. The molecule has 4 N–H and O–H groups in total. The van der Waals surface area contributed by atoms with E-state index in [0.717, 1.165) is 11.4 Å². The summed E-state index contributed by atoms with van der Waals surface area (Å²) < 4.78 is 24.7. The van der Waals surface area contributed by atoms with Crippen molar-refractivity contribution in [2.45, 2.75) is 6.04 Å². The average Bonchev–Trinajstić information content (AvgIpc) is 2.46. The minimum absolute atomic E-state index is 0.0852. The molecular formula is C12H18N4O3S. The first kappa shape index (κ1) is 14.6. The van der Waals surface area contributed by atoms with Crippen LogP contribution in [0.1, 0.15) is 0 Å². The first-order valence-electron chi connectivity index (χ1n) is 6.30. The zero-order valence-corrected chi connectivity index (χ0v) is 12.0. The Kier molecular flexibility index (Phi) is 4.46. The molecule has 20 heavy (non-hydrogen) atoms. The van der Waals surface area contributed by atoms with E-state index in [1.54, 1.807) is 0 Å². The van der Waals surface area contributed by atoms with Crippen LogP contribution in [-0.2, 0) is 14.8 Å². The van der Waals surface area contributed by atoms with Crippen molar-refractivity contribution in [1.82, 2.24) is 10.0 Å². The first-order valence-corrected chi connectivity index (χ1v) is 7.95. The van der Waals surface area contributed by atoms with Crippen LogP contribution in [0.15, 0.2) is 24.3 Å². The van der Waals surface area contributed by atoms with E-state index in [1.807, 2.05) is 24.3 Å². The van der Waals surface area contributed by atoms with E-state index < -0.39 is 16.1 Å². The van der Waals surface area contributed by atoms with Gasteiger partial charge in [0.05, 0.1) is 17.1 Å². The minimum atomic E-state index is -3.30. The van der Waals surface area contributed by atoms with Crippen LogP contribution in [-0.4, -0.2) is 46.3 Å². The van der Waals surface area contributed by atoms with Gasteiger partial charge in [0.15, 0.2) is 0 Å². The molecular weight excluding hydrogens is 280 g/mol. The fraction of sp³-hybridized carbons (Fsp3) is 0.417. The Labute approximate surface area is 118 Å². The van der Waals surface area contributed by atoms with Gasteiger partial charge >= 0.3 is 0 Å². The molecule has 1 aliphatic rings. The van der Waals surface area contributed by atoms with Crippen LogP contribution >= 0.6 is 0 Å². The lowest BCUT2D eigenvalue weighted by Crippen LogP contribution is -2.47. The second-order valence-corrected chi connectivity index (χ2v) is 6.48. The van der Waals surface area contributed by atoms with Crippen molar-refractivity contribution in [3.8, 4) is 0 Å². The highest BCUT2D eigenvalue weighted by Crippen LogP contribution is 2.24. The summed E-state index contributed by atoms with van der Waals surface area (Å²) in [6.07, 6.45) is 0. The number of benzene rings is 1. The van der Waals surface area contributed by atoms with Crippen molar-refractivity contribution in [3.05, 3.63) is 24.3 Å². The van der Waals surface area contributed by atoms with Crippen LogP contribution in [0.5, 0.6) is 0 Å². The van der Waals surface area contributed by atoms with Crippen molar-refractivity contribution in [3.63, 3.8) is 0 Å². The lowest BCUT2D eigenvalue weighted by atomic mass is 10.1. The molecule has 0 bridgehead atoms. The number of hydrogen-bond acceptors (Lipinski definition) is 5. The molecule has 0 aliphatic carbocycles. The second-order valence-electron chi connectivity index (χ2n) is 4.44. The maximum Gasteiger partial charge on any atom is 0.244 e. The maximum atomic E-state index is 12.0. The molecule has 1 aromatic rings. The highest BCUT2D eigenvalue weighted by atomic mass is 32.2. The molecule has 0 fully saturated rings. The standard InChI is InChI=1S/C12H18N4O3S/c1-13-20(18,19)7-6-14-12(17)11-8-15-9-4-2-3-5-10(9)16-11/h2-5,11,13,15-16H,6-8H2,1H3,(H,14,17). The molecule has 0 spiro atoms. The van der Waals surface area contributed by atoms with Gasteiger partial charge in [0.2, 0.25) is 15.9 Å². The smallest absolute Gasteiger partial charge is 0.244 e. The van der Waals surface area contributed by atoms with Crippen molar-refractivity contribution < 1.29 is 13.2 Å². The summed E-state index contributed by atoms with van der Waals surface area (Å²) in [5, 5.41) is 8.89. The molecule has 2 rings (SSSR count). The topological polar surface area (TPSA) is 99.3 Å². The van der Waals surface area contributed by atoms with Crippen LogP contribution in [0, 0.1) is 0 Å². The highest BCUT2D eigenvalue weighted by molar-refractivity contribution is 7.89. The Balaban J connectivity index is 1.86. The van der Waals surface area contributed by atoms with E-state index in [4.69, 9.17) is 0 Å². The fourth-order valence-corrected chi connectivity index (χ4v) is 2.48. The second kappa shape index (κ2) is 6.10. The molecule has 1 aliphatic heterocycles. The quantitative estimate of drug-likeness (QED) is 0.590. The molecule has 1 amide bonds. The highest BCUT2D eigenvalue weighted by Gasteiger charge is 2.23. The molecule has 1 heterocycles. The van der Waals surface area contributed by atoms with Gasteiger partial charge in [-0.05, 0) is 19.2 Å². The summed E-state index contributed by atoms with van der Waals surface area (Å²) in [4.78, 5) is 12.0. The third-order valence-electron chi connectivity index (χ3n) is 3.05. The number of amides is 1. The Morgan fingerprint density at radius 3 is 2.75 bits per heavy atom. The van der Waals surface area contributed by atoms with Crippen LogP contribution in [0.25, 0.3) is 0 Å². The fourth-order valence-electron chi connectivity index (χ4n) is 1.91. The number of nitrogens with one attached hydrogen (secondary N) is 4. The molecule has 0 aromatic heterocycles. The third-order valence-corrected chi connectivity index (χ3v) is 4.41. The minimum Gasteiger partial charge on any atom is -0.381 e. The molecule has 0 saturated heterocycles. The van der Waals surface area contributed by atoms with Crippen LogP contribution in [0.4, 0.5) is 11.4 Å². The molecule has 1 aromatic carbocycles. The largest absolute Gasteiger partial charge is 0.381 e. The van der Waals surface area contributed by atoms with Crippen molar-refractivity contribution in [1.29, 1.82) is 0 Å². The maximum absolute atomic E-state index is 12.0. The zero-order chi connectivity index (χ0) is 14.6. The third kappa shape index (κ3) is 3.61. The van der Waals surface area contributed by atoms with Crippen LogP contribution < -0.4 is 20.7 Å². The van der Waals surface area contributed by atoms with E-state index in [2.05, 4.69) is 20.7 Å². The summed E-state index contributed by atoms with van der Waals surface area (Å²) >= 11 is 0. The predicted octanol–water partition coefficient (Wildman–Crippen LogP) is -0.442. The number of anilines is 2. The van der Waals surface area contributed by atoms with Crippen molar-refractivity contribution >= 4 is 27.3 Å². The summed E-state index contributed by atoms with van der Waals surface area (Å²) in [6, 6.07) is 7.19. The van der Waals surface area contributed by atoms with Gasteiger partial charge < -0.3 is 16.0 Å². The van der Waals surface area contributed by atoms with Gasteiger partial charge in [-0.15, -0.1) is 0 Å². The molecule has 0 saturated carbocycles. The van der Waals surface area contributed by atoms with E-state index in [0.29, 0.717) is 6.54 Å². The Morgan fingerprint density at radius 2 is 2.05 bits per heavy atom. The number of sulfonamides is 1. The Morgan fingerprint density at radius 1 is 1.35 bits per heavy atom. The number of fused-ring (bicyclic) bond motifs is 1. The van der Waals surface area contributed by atoms with Gasteiger partial charge in [-0.1, -0.05) is 12.1 Å². The van der Waals surface area contributed by atoms with Gasteiger partial charge in [-0.2, -0.15) is 0 Å². The molecule has 1 atom stereocenters. The first-order chi connectivity index (χ1) is 9.52. The average molecular weight is 298 g/mol. The van der Waals surface area contributed by atoms with Crippen molar-refractivity contribution in [2.24, 2.45) is 0 Å². The van der Waals surface area contributed by atoms with Gasteiger partial charge in [-0.3, -0.25) is 4.79 Å². The van der Waals surface area contributed by atoms with Gasteiger partial charge in [-0.25, -0.2) is 13.1 Å². The lowest BCUT2D eigenvalue weighted by Gasteiger charge is -2.27. The number of para-hydroxylation sites is 2. The van der Waals surface area contributed by atoms with Gasteiger partial charge in [0, 0.05) is 13.1 Å². The summed E-state index contributed by atoms with van der Waals surface area (Å²) in [5.41, 5.74) is 1.82. The van der Waals surface area contributed by atoms with Crippen LogP contribution in [0.3, 0.4) is 0 Å². The van der Waals surface area contributed by atoms with Crippen LogP contribution in [0.2, 0.25) is 0 Å². The number of rotatable bonds is 5. The monoisotopic (exact) mass is 298 g/mol. The summed E-state index contributed by atoms with van der Waals surface area (Å²) in [6.45, 7) is 0.545. The van der Waals surface area contributed by atoms with Gasteiger partial charge in [0.25, 0.3) is 0 Å². The summed E-state index contributed by atoms with van der Waals surface area (Å²) in [5.74, 6) is -0.357. The molecule has 8 heteroatoms. The zero-order valence-electron chi connectivity index (χ0n) is 11.1. The van der Waals surface area contributed by atoms with Gasteiger partial charge in [0.1, 0.15) is 6.04 Å². The molecule has 0 radical (unpaired) electrons. The Hall–Kier alpha value is -1.80. The van der Waals surface area contributed by atoms with E-state index in [-0.39, 0.29) is 18.2 Å². The number of carbonyl (C=O) groups excluding carboxylic acids is 1.